The number of alkyl halides is 3. The third-order valence-electron chi connectivity index (χ3n) is 5.14. The van der Waals surface area contributed by atoms with Gasteiger partial charge in [-0.2, -0.15) is 13.2 Å². The molecule has 0 bridgehead atoms. The standard InChI is InChI=1S/C21H18ClF4NO3/c22-16-8-4-7-15(21(24,25)26)18(16)27-17(28)12-30-19(29)20(9-1-2-10-20)13-5-3-6-14(23)11-13/h3-8,11H,1-2,9-10,12H2,(H,27,28). The zero-order valence-corrected chi connectivity index (χ0v) is 16.4. The van der Waals surface area contributed by atoms with Gasteiger partial charge in [0.15, 0.2) is 6.61 Å². The number of para-hydroxylation sites is 1. The zero-order valence-electron chi connectivity index (χ0n) is 15.7. The molecule has 1 fully saturated rings. The van der Waals surface area contributed by atoms with E-state index in [-0.39, 0.29) is 5.02 Å². The molecule has 0 aliphatic heterocycles. The molecule has 4 nitrogen and oxygen atoms in total. The summed E-state index contributed by atoms with van der Waals surface area (Å²) in [6, 6.07) is 8.72. The summed E-state index contributed by atoms with van der Waals surface area (Å²) in [5.74, 6) is -2.17. The SMILES string of the molecule is O=C(COC(=O)C1(c2cccc(F)c2)CCCC1)Nc1c(Cl)cccc1C(F)(F)F. The van der Waals surface area contributed by atoms with E-state index < -0.39 is 47.1 Å². The van der Waals surface area contributed by atoms with Crippen molar-refractivity contribution in [3.8, 4) is 0 Å². The van der Waals surface area contributed by atoms with E-state index in [1.165, 1.54) is 24.3 Å². The minimum atomic E-state index is -4.73. The van der Waals surface area contributed by atoms with Crippen LogP contribution >= 0.6 is 11.6 Å². The lowest BCUT2D eigenvalue weighted by Gasteiger charge is -2.27. The van der Waals surface area contributed by atoms with Crippen LogP contribution < -0.4 is 5.32 Å². The van der Waals surface area contributed by atoms with Gasteiger partial charge < -0.3 is 10.1 Å². The molecule has 0 saturated heterocycles. The van der Waals surface area contributed by atoms with Crippen LogP contribution in [-0.2, 0) is 25.9 Å². The van der Waals surface area contributed by atoms with Gasteiger partial charge in [-0.1, -0.05) is 42.6 Å². The number of esters is 1. The number of halogens is 5. The van der Waals surface area contributed by atoms with Crippen molar-refractivity contribution < 1.29 is 31.9 Å². The van der Waals surface area contributed by atoms with Gasteiger partial charge in [-0.3, -0.25) is 9.59 Å². The third kappa shape index (κ3) is 4.59. The first-order valence-corrected chi connectivity index (χ1v) is 9.60. The number of amides is 1. The first kappa shape index (κ1) is 22.1. The molecule has 0 aromatic heterocycles. The molecule has 3 rings (SSSR count). The summed E-state index contributed by atoms with van der Waals surface area (Å²) in [5.41, 5.74) is -2.34. The van der Waals surface area contributed by atoms with Crippen LogP contribution in [0.5, 0.6) is 0 Å². The van der Waals surface area contributed by atoms with Crippen LogP contribution in [0.25, 0.3) is 0 Å². The molecule has 9 heteroatoms. The minimum absolute atomic E-state index is 0.295. The number of hydrogen-bond donors (Lipinski definition) is 1. The van der Waals surface area contributed by atoms with Gasteiger partial charge in [-0.15, -0.1) is 0 Å². The summed E-state index contributed by atoms with van der Waals surface area (Å²) in [5, 5.41) is 1.77. The average Bonchev–Trinajstić information content (AvgIpc) is 3.18. The van der Waals surface area contributed by atoms with Crippen LogP contribution in [0.3, 0.4) is 0 Å². The Morgan fingerprint density at radius 2 is 1.77 bits per heavy atom. The molecule has 0 heterocycles. The molecular weight excluding hydrogens is 426 g/mol. The predicted octanol–water partition coefficient (Wildman–Crippen LogP) is 5.49. The van der Waals surface area contributed by atoms with Crippen molar-refractivity contribution in [2.45, 2.75) is 37.3 Å². The highest BCUT2D eigenvalue weighted by molar-refractivity contribution is 6.34. The quantitative estimate of drug-likeness (QED) is 0.491. The van der Waals surface area contributed by atoms with Crippen LogP contribution in [0.2, 0.25) is 5.02 Å². The largest absolute Gasteiger partial charge is 0.455 e. The number of ether oxygens (including phenoxy) is 1. The highest BCUT2D eigenvalue weighted by atomic mass is 35.5. The van der Waals surface area contributed by atoms with Crippen LogP contribution in [0.15, 0.2) is 42.5 Å². The maximum atomic E-state index is 13.7. The molecular formula is C21H18ClF4NO3. The lowest BCUT2D eigenvalue weighted by atomic mass is 9.79. The molecule has 1 amide bonds. The number of benzene rings is 2. The summed E-state index contributed by atoms with van der Waals surface area (Å²) < 4.78 is 58.2. The second-order valence-electron chi connectivity index (χ2n) is 7.08. The van der Waals surface area contributed by atoms with E-state index in [9.17, 15) is 27.2 Å². The summed E-state index contributed by atoms with van der Waals surface area (Å²) in [7, 11) is 0. The Balaban J connectivity index is 1.73. The fourth-order valence-electron chi connectivity index (χ4n) is 3.71. The fraction of sp³-hybridized carbons (Fsp3) is 0.333. The van der Waals surface area contributed by atoms with Crippen LogP contribution in [0.1, 0.15) is 36.8 Å². The molecule has 1 saturated carbocycles. The number of hydrogen-bond acceptors (Lipinski definition) is 3. The molecule has 2 aromatic rings. The maximum absolute atomic E-state index is 13.7. The van der Waals surface area contributed by atoms with Crippen molar-refractivity contribution in [3.05, 3.63) is 64.4 Å². The number of nitrogens with one attached hydrogen (secondary N) is 1. The number of rotatable bonds is 5. The second kappa shape index (κ2) is 8.63. The van der Waals surface area contributed by atoms with E-state index >= 15 is 0 Å². The van der Waals surface area contributed by atoms with E-state index in [0.29, 0.717) is 18.4 Å². The Kier molecular flexibility index (Phi) is 6.36. The first-order valence-electron chi connectivity index (χ1n) is 9.22. The predicted molar refractivity (Wildman–Crippen MR) is 103 cm³/mol. The Hall–Kier alpha value is -2.61. The lowest BCUT2D eigenvalue weighted by Crippen LogP contribution is -2.36. The van der Waals surface area contributed by atoms with E-state index in [0.717, 1.165) is 25.0 Å². The summed E-state index contributed by atoms with van der Waals surface area (Å²) in [6.45, 7) is -0.793. The second-order valence-corrected chi connectivity index (χ2v) is 7.49. The van der Waals surface area contributed by atoms with Crippen LogP contribution in [0, 0.1) is 5.82 Å². The van der Waals surface area contributed by atoms with Crippen molar-refractivity contribution in [1.82, 2.24) is 0 Å². The smallest absolute Gasteiger partial charge is 0.418 e. The van der Waals surface area contributed by atoms with Crippen LogP contribution in [-0.4, -0.2) is 18.5 Å². The monoisotopic (exact) mass is 443 g/mol. The van der Waals surface area contributed by atoms with Gasteiger partial charge in [0, 0.05) is 0 Å². The molecule has 0 spiro atoms. The Labute approximate surface area is 175 Å². The van der Waals surface area contributed by atoms with Crippen molar-refractivity contribution in [1.29, 1.82) is 0 Å². The van der Waals surface area contributed by atoms with Gasteiger partial charge in [0.1, 0.15) is 5.82 Å². The van der Waals surface area contributed by atoms with Gasteiger partial charge in [0.2, 0.25) is 0 Å². The first-order chi connectivity index (χ1) is 14.1. The Morgan fingerprint density at radius 3 is 2.40 bits per heavy atom. The van der Waals surface area contributed by atoms with Crippen molar-refractivity contribution in [2.75, 3.05) is 11.9 Å². The van der Waals surface area contributed by atoms with E-state index in [1.807, 2.05) is 0 Å². The summed E-state index contributed by atoms with van der Waals surface area (Å²) in [6.07, 6.45) is -2.41. The summed E-state index contributed by atoms with van der Waals surface area (Å²) in [4.78, 5) is 25.0. The molecule has 0 unspecified atom stereocenters. The molecule has 0 atom stereocenters. The third-order valence-corrected chi connectivity index (χ3v) is 5.46. The molecule has 2 aromatic carbocycles. The van der Waals surface area contributed by atoms with Crippen LogP contribution in [0.4, 0.5) is 23.2 Å². The molecule has 30 heavy (non-hydrogen) atoms. The molecule has 1 aliphatic carbocycles. The molecule has 1 aliphatic rings. The van der Waals surface area contributed by atoms with Gasteiger partial charge >= 0.3 is 12.1 Å². The van der Waals surface area contributed by atoms with Crippen molar-refractivity contribution in [3.63, 3.8) is 0 Å². The van der Waals surface area contributed by atoms with Gasteiger partial charge in [-0.05, 0) is 42.7 Å². The van der Waals surface area contributed by atoms with Gasteiger partial charge in [0.05, 0.1) is 21.7 Å². The van der Waals surface area contributed by atoms with E-state index in [2.05, 4.69) is 5.32 Å². The van der Waals surface area contributed by atoms with Crippen molar-refractivity contribution in [2.24, 2.45) is 0 Å². The number of carbonyl (C=O) groups is 2. The maximum Gasteiger partial charge on any atom is 0.418 e. The Morgan fingerprint density at radius 1 is 1.10 bits per heavy atom. The lowest BCUT2D eigenvalue weighted by molar-refractivity contribution is -0.153. The molecule has 1 N–H and O–H groups in total. The average molecular weight is 444 g/mol. The number of carbonyl (C=O) groups excluding carboxylic acids is 2. The summed E-state index contributed by atoms with van der Waals surface area (Å²) >= 11 is 5.80. The van der Waals surface area contributed by atoms with Crippen molar-refractivity contribution >= 4 is 29.2 Å². The minimum Gasteiger partial charge on any atom is -0.455 e. The van der Waals surface area contributed by atoms with Gasteiger partial charge in [-0.25, -0.2) is 4.39 Å². The topological polar surface area (TPSA) is 55.4 Å². The van der Waals surface area contributed by atoms with Gasteiger partial charge in [0.25, 0.3) is 5.91 Å². The molecule has 0 radical (unpaired) electrons. The number of anilines is 1. The normalized spacial score (nSPS) is 15.6. The zero-order chi connectivity index (χ0) is 21.9. The molecule has 160 valence electrons. The van der Waals surface area contributed by atoms with E-state index in [1.54, 1.807) is 6.07 Å². The fourth-order valence-corrected chi connectivity index (χ4v) is 3.93. The van der Waals surface area contributed by atoms with E-state index in [4.69, 9.17) is 16.3 Å². The highest BCUT2D eigenvalue weighted by Gasteiger charge is 2.44. The Bertz CT molecular complexity index is 956. The highest BCUT2D eigenvalue weighted by Crippen LogP contribution is 2.42.